The molecule has 1 saturated heterocycles. The largest absolute Gasteiger partial charge is 0.467 e. The average Bonchev–Trinajstić information content (AvgIpc) is 2.87. The Balaban J connectivity index is 1.94. The molecule has 19 heavy (non-hydrogen) atoms. The fraction of sp³-hybridized carbons (Fsp3) is 0.545. The quantitative estimate of drug-likeness (QED) is 0.448. The number of hydrogen-bond donors (Lipinski definition) is 0. The Morgan fingerprint density at radius 3 is 3.05 bits per heavy atom. The van der Waals surface area contributed by atoms with Crippen molar-refractivity contribution in [3.05, 3.63) is 28.0 Å². The number of hydrogen-bond acceptors (Lipinski definition) is 7. The smallest absolute Gasteiger partial charge is 0.433 e. The van der Waals surface area contributed by atoms with Gasteiger partial charge in [0.2, 0.25) is 0 Å². The Morgan fingerprint density at radius 1 is 1.63 bits per heavy atom. The second kappa shape index (κ2) is 5.81. The molecule has 0 radical (unpaired) electrons. The van der Waals surface area contributed by atoms with E-state index in [1.54, 1.807) is 6.07 Å². The highest BCUT2D eigenvalue weighted by Crippen LogP contribution is 2.18. The van der Waals surface area contributed by atoms with E-state index < -0.39 is 17.0 Å². The van der Waals surface area contributed by atoms with Crippen molar-refractivity contribution < 1.29 is 23.6 Å². The Bertz CT molecular complexity index is 472. The van der Waals surface area contributed by atoms with Crippen molar-refractivity contribution in [2.24, 2.45) is 0 Å². The zero-order chi connectivity index (χ0) is 13.8. The highest BCUT2D eigenvalue weighted by molar-refractivity contribution is 5.74. The lowest BCUT2D eigenvalue weighted by atomic mass is 10.2. The molecular weight excluding hydrogens is 256 g/mol. The van der Waals surface area contributed by atoms with Gasteiger partial charge >= 0.3 is 11.9 Å². The Hall–Kier alpha value is -1.93. The maximum Gasteiger partial charge on any atom is 0.433 e. The molecule has 1 aliphatic rings. The number of rotatable bonds is 4. The minimum Gasteiger partial charge on any atom is -0.467 e. The first kappa shape index (κ1) is 13.5. The SMILES string of the molecule is COC(=O)C1CN(Cc2ccc([N+](=O)[O-])o2)CCO1. The second-order valence-electron chi connectivity index (χ2n) is 4.11. The Kier molecular flexibility index (Phi) is 4.13. The first-order valence-corrected chi connectivity index (χ1v) is 5.75. The van der Waals surface area contributed by atoms with Crippen molar-refractivity contribution in [2.75, 3.05) is 26.8 Å². The van der Waals surface area contributed by atoms with Crippen LogP contribution in [0.4, 0.5) is 5.88 Å². The van der Waals surface area contributed by atoms with E-state index in [0.717, 1.165) is 0 Å². The van der Waals surface area contributed by atoms with Crippen LogP contribution in [0.2, 0.25) is 0 Å². The minimum absolute atomic E-state index is 0.284. The van der Waals surface area contributed by atoms with Crippen molar-refractivity contribution in [2.45, 2.75) is 12.6 Å². The normalized spacial score (nSPS) is 20.2. The van der Waals surface area contributed by atoms with Gasteiger partial charge < -0.3 is 13.9 Å². The lowest BCUT2D eigenvalue weighted by Gasteiger charge is -2.30. The van der Waals surface area contributed by atoms with E-state index in [0.29, 0.717) is 32.0 Å². The zero-order valence-electron chi connectivity index (χ0n) is 10.4. The topological polar surface area (TPSA) is 95.0 Å². The third kappa shape index (κ3) is 3.30. The predicted molar refractivity (Wildman–Crippen MR) is 62.4 cm³/mol. The van der Waals surface area contributed by atoms with Gasteiger partial charge in [-0.3, -0.25) is 15.0 Å². The van der Waals surface area contributed by atoms with Gasteiger partial charge in [-0.25, -0.2) is 4.79 Å². The number of carbonyl (C=O) groups excluding carboxylic acids is 1. The van der Waals surface area contributed by atoms with Gasteiger partial charge in [0.1, 0.15) is 10.7 Å². The molecule has 1 aromatic rings. The summed E-state index contributed by atoms with van der Waals surface area (Å²) < 4.78 is 15.0. The van der Waals surface area contributed by atoms with Crippen molar-refractivity contribution in [1.82, 2.24) is 4.90 Å². The number of nitro groups is 1. The lowest BCUT2D eigenvalue weighted by molar-refractivity contribution is -0.402. The van der Waals surface area contributed by atoms with E-state index in [1.807, 2.05) is 4.90 Å². The van der Waals surface area contributed by atoms with Crippen LogP contribution < -0.4 is 0 Å². The van der Waals surface area contributed by atoms with E-state index >= 15 is 0 Å². The first-order chi connectivity index (χ1) is 9.10. The van der Waals surface area contributed by atoms with Gasteiger partial charge in [-0.1, -0.05) is 0 Å². The number of morpholine rings is 1. The molecule has 1 aromatic heterocycles. The number of methoxy groups -OCH3 is 1. The summed E-state index contributed by atoms with van der Waals surface area (Å²) >= 11 is 0. The molecule has 0 amide bonds. The number of ether oxygens (including phenoxy) is 2. The molecule has 0 N–H and O–H groups in total. The minimum atomic E-state index is -0.622. The molecule has 2 heterocycles. The third-order valence-corrected chi connectivity index (χ3v) is 2.82. The molecule has 1 atom stereocenters. The summed E-state index contributed by atoms with van der Waals surface area (Å²) in [6.45, 7) is 1.80. The second-order valence-corrected chi connectivity index (χ2v) is 4.11. The zero-order valence-corrected chi connectivity index (χ0v) is 10.4. The molecule has 8 nitrogen and oxygen atoms in total. The Morgan fingerprint density at radius 2 is 2.42 bits per heavy atom. The van der Waals surface area contributed by atoms with E-state index in [1.165, 1.54) is 13.2 Å². The lowest BCUT2D eigenvalue weighted by Crippen LogP contribution is -2.45. The van der Waals surface area contributed by atoms with Gasteiger partial charge in [-0.05, 0) is 6.07 Å². The highest BCUT2D eigenvalue weighted by Gasteiger charge is 2.28. The van der Waals surface area contributed by atoms with Crippen LogP contribution in [0.25, 0.3) is 0 Å². The Labute approximate surface area is 109 Å². The summed E-state index contributed by atoms with van der Waals surface area (Å²) in [4.78, 5) is 23.2. The van der Waals surface area contributed by atoms with Gasteiger partial charge in [0, 0.05) is 13.1 Å². The maximum absolute atomic E-state index is 11.4. The predicted octanol–water partition coefficient (Wildman–Crippen LogP) is 0.562. The number of carbonyl (C=O) groups is 1. The van der Waals surface area contributed by atoms with Crippen molar-refractivity contribution in [3.8, 4) is 0 Å². The fourth-order valence-electron chi connectivity index (χ4n) is 1.89. The molecule has 2 rings (SSSR count). The van der Waals surface area contributed by atoms with Gasteiger partial charge in [0.05, 0.1) is 26.3 Å². The van der Waals surface area contributed by atoms with Gasteiger partial charge in [0.25, 0.3) is 0 Å². The molecule has 0 saturated carbocycles. The average molecular weight is 270 g/mol. The molecule has 0 bridgehead atoms. The summed E-state index contributed by atoms with van der Waals surface area (Å²) in [5.74, 6) is -0.222. The number of esters is 1. The van der Waals surface area contributed by atoms with E-state index in [-0.39, 0.29) is 5.88 Å². The van der Waals surface area contributed by atoms with Crippen LogP contribution in [0.1, 0.15) is 5.76 Å². The number of nitrogens with zero attached hydrogens (tertiary/aromatic N) is 2. The van der Waals surface area contributed by atoms with Crippen LogP contribution in [0, 0.1) is 10.1 Å². The molecule has 8 heteroatoms. The fourth-order valence-corrected chi connectivity index (χ4v) is 1.89. The maximum atomic E-state index is 11.4. The molecule has 104 valence electrons. The van der Waals surface area contributed by atoms with Crippen LogP contribution in [0.15, 0.2) is 16.5 Å². The molecule has 0 aromatic carbocycles. The van der Waals surface area contributed by atoms with Crippen LogP contribution in [-0.2, 0) is 20.8 Å². The monoisotopic (exact) mass is 270 g/mol. The summed E-state index contributed by atoms with van der Waals surface area (Å²) in [6.07, 6.45) is -0.622. The van der Waals surface area contributed by atoms with Gasteiger partial charge in [-0.2, -0.15) is 0 Å². The summed E-state index contributed by atoms with van der Waals surface area (Å²) in [5.41, 5.74) is 0. The summed E-state index contributed by atoms with van der Waals surface area (Å²) in [7, 11) is 1.31. The molecule has 0 spiro atoms. The van der Waals surface area contributed by atoms with Crippen LogP contribution in [0.3, 0.4) is 0 Å². The van der Waals surface area contributed by atoms with E-state index in [4.69, 9.17) is 9.15 Å². The van der Waals surface area contributed by atoms with Gasteiger partial charge in [0.15, 0.2) is 6.10 Å². The summed E-state index contributed by atoms with van der Waals surface area (Å²) in [5, 5.41) is 10.5. The molecule has 0 aliphatic carbocycles. The first-order valence-electron chi connectivity index (χ1n) is 5.75. The van der Waals surface area contributed by atoms with E-state index in [2.05, 4.69) is 4.74 Å². The van der Waals surface area contributed by atoms with Crippen molar-refractivity contribution >= 4 is 11.9 Å². The summed E-state index contributed by atoms with van der Waals surface area (Å²) in [6, 6.07) is 2.87. The van der Waals surface area contributed by atoms with Crippen molar-refractivity contribution in [1.29, 1.82) is 0 Å². The number of furan rings is 1. The van der Waals surface area contributed by atoms with Crippen molar-refractivity contribution in [3.63, 3.8) is 0 Å². The highest BCUT2D eigenvalue weighted by atomic mass is 16.6. The molecule has 1 aliphatic heterocycles. The van der Waals surface area contributed by atoms with Gasteiger partial charge in [-0.15, -0.1) is 0 Å². The molecular formula is C11H14N2O6. The van der Waals surface area contributed by atoms with E-state index in [9.17, 15) is 14.9 Å². The van der Waals surface area contributed by atoms with Crippen LogP contribution in [0.5, 0.6) is 0 Å². The third-order valence-electron chi connectivity index (χ3n) is 2.82. The van der Waals surface area contributed by atoms with Crippen LogP contribution >= 0.6 is 0 Å². The standard InChI is InChI=1S/C11H14N2O6/c1-17-11(14)9-7-12(4-5-18-9)6-8-2-3-10(19-8)13(15)16/h2-3,9H,4-7H2,1H3. The molecule has 1 fully saturated rings. The van der Waals surface area contributed by atoms with Crippen LogP contribution in [-0.4, -0.2) is 48.7 Å². The molecule has 1 unspecified atom stereocenters.